The van der Waals surface area contributed by atoms with Crippen molar-refractivity contribution in [1.82, 2.24) is 14.8 Å². The number of nitrogens with zero attached hydrogens (tertiary/aromatic N) is 4. The average molecular weight is 332 g/mol. The van der Waals surface area contributed by atoms with Crippen LogP contribution in [0.5, 0.6) is 0 Å². The van der Waals surface area contributed by atoms with Crippen LogP contribution in [0.15, 0.2) is 35.4 Å². The summed E-state index contributed by atoms with van der Waals surface area (Å²) in [5.41, 5.74) is 0.618. The SMILES string of the molecule is CN(C)N=C(c1ccccc1)N1CCN(C(=O)OC(C)(C)C)CC1. The molecule has 0 aromatic heterocycles. The molecule has 1 aromatic rings. The number of hydrogen-bond donors (Lipinski definition) is 0. The Kier molecular flexibility index (Phi) is 5.70. The second kappa shape index (κ2) is 7.55. The highest BCUT2D eigenvalue weighted by molar-refractivity contribution is 5.98. The molecule has 132 valence electrons. The average Bonchev–Trinajstić information content (AvgIpc) is 2.52. The summed E-state index contributed by atoms with van der Waals surface area (Å²) in [6.45, 7) is 8.40. The maximum absolute atomic E-state index is 12.2. The van der Waals surface area contributed by atoms with Crippen LogP contribution >= 0.6 is 0 Å². The van der Waals surface area contributed by atoms with Crippen LogP contribution in [0.1, 0.15) is 26.3 Å². The van der Waals surface area contributed by atoms with Crippen molar-refractivity contribution in [1.29, 1.82) is 0 Å². The lowest BCUT2D eigenvalue weighted by molar-refractivity contribution is 0.0186. The van der Waals surface area contributed by atoms with Gasteiger partial charge in [-0.1, -0.05) is 30.3 Å². The normalized spacial score (nSPS) is 16.1. The summed E-state index contributed by atoms with van der Waals surface area (Å²) in [4.78, 5) is 16.2. The van der Waals surface area contributed by atoms with Crippen molar-refractivity contribution in [2.45, 2.75) is 26.4 Å². The summed E-state index contributed by atoms with van der Waals surface area (Å²) in [5, 5.41) is 6.45. The maximum Gasteiger partial charge on any atom is 0.410 e. The van der Waals surface area contributed by atoms with Crippen molar-refractivity contribution >= 4 is 11.9 Å². The van der Waals surface area contributed by atoms with Crippen LogP contribution in [-0.2, 0) is 4.74 Å². The topological polar surface area (TPSA) is 48.4 Å². The van der Waals surface area contributed by atoms with E-state index in [0.29, 0.717) is 13.1 Å². The molecule has 1 amide bonds. The van der Waals surface area contributed by atoms with E-state index in [0.717, 1.165) is 24.5 Å². The summed E-state index contributed by atoms with van der Waals surface area (Å²) in [6, 6.07) is 10.1. The predicted octanol–water partition coefficient (Wildman–Crippen LogP) is 2.46. The van der Waals surface area contributed by atoms with Gasteiger partial charge >= 0.3 is 6.09 Å². The van der Waals surface area contributed by atoms with Crippen LogP contribution in [0.2, 0.25) is 0 Å². The number of amides is 1. The minimum Gasteiger partial charge on any atom is -0.444 e. The van der Waals surface area contributed by atoms with Crippen LogP contribution in [-0.4, -0.2) is 72.6 Å². The Morgan fingerprint density at radius 2 is 1.58 bits per heavy atom. The molecule has 0 unspecified atom stereocenters. The van der Waals surface area contributed by atoms with E-state index >= 15 is 0 Å². The van der Waals surface area contributed by atoms with Crippen molar-refractivity contribution in [3.05, 3.63) is 35.9 Å². The standard InChI is InChI=1S/C18H28N4O2/c1-18(2,3)24-17(23)22-13-11-21(12-14-22)16(19-20(4)5)15-9-7-6-8-10-15/h6-10H,11-14H2,1-5H3. The minimum absolute atomic E-state index is 0.243. The molecule has 6 nitrogen and oxygen atoms in total. The van der Waals surface area contributed by atoms with E-state index in [2.05, 4.69) is 22.1 Å². The largest absolute Gasteiger partial charge is 0.444 e. The maximum atomic E-state index is 12.2. The monoisotopic (exact) mass is 332 g/mol. The summed E-state index contributed by atoms with van der Waals surface area (Å²) in [6.07, 6.45) is -0.243. The third-order valence-corrected chi connectivity index (χ3v) is 3.56. The molecule has 24 heavy (non-hydrogen) atoms. The van der Waals surface area contributed by atoms with Crippen molar-refractivity contribution in [2.24, 2.45) is 5.10 Å². The lowest BCUT2D eigenvalue weighted by Gasteiger charge is -2.37. The van der Waals surface area contributed by atoms with Gasteiger partial charge in [0.2, 0.25) is 0 Å². The molecule has 0 bridgehead atoms. The molecule has 1 saturated heterocycles. The Balaban J connectivity index is 2.05. The van der Waals surface area contributed by atoms with Crippen molar-refractivity contribution in [2.75, 3.05) is 40.3 Å². The minimum atomic E-state index is -0.463. The summed E-state index contributed by atoms with van der Waals surface area (Å²) >= 11 is 0. The van der Waals surface area contributed by atoms with Gasteiger partial charge in [-0.15, -0.1) is 0 Å². The molecule has 0 radical (unpaired) electrons. The van der Waals surface area contributed by atoms with E-state index in [-0.39, 0.29) is 6.09 Å². The van der Waals surface area contributed by atoms with Crippen LogP contribution in [0.25, 0.3) is 0 Å². The van der Waals surface area contributed by atoms with Crippen LogP contribution in [0, 0.1) is 0 Å². The molecule has 2 rings (SSSR count). The zero-order chi connectivity index (χ0) is 17.7. The number of hydrogen-bond acceptors (Lipinski definition) is 4. The Hall–Kier alpha value is -2.24. The molecule has 1 aliphatic rings. The molecule has 1 aliphatic heterocycles. The summed E-state index contributed by atoms with van der Waals surface area (Å²) < 4.78 is 5.45. The fourth-order valence-electron chi connectivity index (χ4n) is 2.51. The first kappa shape index (κ1) is 18.1. The van der Waals surface area contributed by atoms with Gasteiger partial charge in [0.1, 0.15) is 5.60 Å². The van der Waals surface area contributed by atoms with Gasteiger partial charge in [-0.05, 0) is 20.8 Å². The van der Waals surface area contributed by atoms with Gasteiger partial charge in [0, 0.05) is 45.8 Å². The Morgan fingerprint density at radius 3 is 2.08 bits per heavy atom. The zero-order valence-electron chi connectivity index (χ0n) is 15.3. The molecule has 0 atom stereocenters. The number of piperazine rings is 1. The number of carbonyl (C=O) groups is 1. The highest BCUT2D eigenvalue weighted by Gasteiger charge is 2.27. The second-order valence-corrected chi connectivity index (χ2v) is 7.09. The lowest BCUT2D eigenvalue weighted by atomic mass is 10.1. The fourth-order valence-corrected chi connectivity index (χ4v) is 2.51. The molecule has 0 saturated carbocycles. The van der Waals surface area contributed by atoms with Gasteiger partial charge in [-0.25, -0.2) is 4.79 Å². The number of amidine groups is 1. The molecular weight excluding hydrogens is 304 g/mol. The van der Waals surface area contributed by atoms with Crippen LogP contribution in [0.4, 0.5) is 4.79 Å². The molecule has 1 heterocycles. The first-order valence-corrected chi connectivity index (χ1v) is 8.30. The number of rotatable bonds is 2. The third-order valence-electron chi connectivity index (χ3n) is 3.56. The van der Waals surface area contributed by atoms with E-state index in [1.54, 1.807) is 4.90 Å². The molecule has 0 spiro atoms. The van der Waals surface area contributed by atoms with E-state index in [9.17, 15) is 4.79 Å². The van der Waals surface area contributed by atoms with Crippen LogP contribution < -0.4 is 0 Å². The molecule has 0 N–H and O–H groups in total. The first-order valence-electron chi connectivity index (χ1n) is 8.30. The van der Waals surface area contributed by atoms with E-state index in [4.69, 9.17) is 4.74 Å². The van der Waals surface area contributed by atoms with Gasteiger partial charge < -0.3 is 19.5 Å². The van der Waals surface area contributed by atoms with Crippen molar-refractivity contribution < 1.29 is 9.53 Å². The summed E-state index contributed by atoms with van der Waals surface area (Å²) in [5.74, 6) is 0.935. The highest BCUT2D eigenvalue weighted by Crippen LogP contribution is 2.14. The van der Waals surface area contributed by atoms with E-state index < -0.39 is 5.60 Å². The van der Waals surface area contributed by atoms with Gasteiger partial charge in [0.05, 0.1) is 0 Å². The number of carbonyl (C=O) groups excluding carboxylic acids is 1. The fraction of sp³-hybridized carbons (Fsp3) is 0.556. The summed E-state index contributed by atoms with van der Waals surface area (Å²) in [7, 11) is 3.83. The molecule has 1 aromatic carbocycles. The van der Waals surface area contributed by atoms with Crippen LogP contribution in [0.3, 0.4) is 0 Å². The van der Waals surface area contributed by atoms with Crippen molar-refractivity contribution in [3.63, 3.8) is 0 Å². The predicted molar refractivity (Wildman–Crippen MR) is 96.0 cm³/mol. The van der Waals surface area contributed by atoms with Crippen molar-refractivity contribution in [3.8, 4) is 0 Å². The first-order chi connectivity index (χ1) is 11.3. The Labute approximate surface area is 144 Å². The molecule has 6 heteroatoms. The molecule has 1 fully saturated rings. The molecular formula is C18H28N4O2. The van der Waals surface area contributed by atoms with E-state index in [1.807, 2.05) is 58.1 Å². The van der Waals surface area contributed by atoms with Gasteiger partial charge in [0.15, 0.2) is 5.84 Å². The number of ether oxygens (including phenoxy) is 1. The smallest absolute Gasteiger partial charge is 0.410 e. The van der Waals surface area contributed by atoms with E-state index in [1.165, 1.54) is 0 Å². The number of hydrazone groups is 1. The second-order valence-electron chi connectivity index (χ2n) is 7.09. The zero-order valence-corrected chi connectivity index (χ0v) is 15.3. The van der Waals surface area contributed by atoms with Gasteiger partial charge in [0.25, 0.3) is 0 Å². The Morgan fingerprint density at radius 1 is 1.04 bits per heavy atom. The third kappa shape index (κ3) is 5.15. The number of benzene rings is 1. The quantitative estimate of drug-likeness (QED) is 0.474. The molecule has 0 aliphatic carbocycles. The van der Waals surface area contributed by atoms with Gasteiger partial charge in [-0.2, -0.15) is 5.10 Å². The highest BCUT2D eigenvalue weighted by atomic mass is 16.6. The Bertz CT molecular complexity index is 570. The lowest BCUT2D eigenvalue weighted by Crippen LogP contribution is -2.52. The van der Waals surface area contributed by atoms with Gasteiger partial charge in [-0.3, -0.25) is 0 Å².